The van der Waals surface area contributed by atoms with Crippen LogP contribution in [-0.4, -0.2) is 33.7 Å². The lowest BCUT2D eigenvalue weighted by Gasteiger charge is -2.14. The molecule has 2 aromatic rings. The first-order chi connectivity index (χ1) is 12.9. The molecular weight excluding hydrogens is 372 g/mol. The molecule has 1 amide bonds. The number of Topliss-reactive ketones (excluding diaryl/α,β-unsaturated/α-hetero) is 1. The van der Waals surface area contributed by atoms with Crippen molar-refractivity contribution in [1.82, 2.24) is 0 Å². The van der Waals surface area contributed by atoms with E-state index in [9.17, 15) is 18.0 Å². The molecule has 0 saturated heterocycles. The van der Waals surface area contributed by atoms with Crippen LogP contribution in [0.2, 0.25) is 0 Å². The maximum absolute atomic E-state index is 12.7. The smallest absolute Gasteiger partial charge is 0.312 e. The van der Waals surface area contributed by atoms with Crippen molar-refractivity contribution in [2.24, 2.45) is 22.0 Å². The predicted octanol–water partition coefficient (Wildman–Crippen LogP) is 1.79. The van der Waals surface area contributed by atoms with E-state index >= 15 is 0 Å². The Kier molecular flexibility index (Phi) is 6.88. The van der Waals surface area contributed by atoms with Gasteiger partial charge in [-0.15, -0.1) is 0 Å². The van der Waals surface area contributed by atoms with Gasteiger partial charge in [0, 0.05) is 18.3 Å². The molecule has 2 rings (SSSR count). The van der Waals surface area contributed by atoms with Crippen LogP contribution in [0.4, 0.5) is 5.69 Å². The van der Waals surface area contributed by atoms with E-state index in [0.29, 0.717) is 5.56 Å². The van der Waals surface area contributed by atoms with Crippen molar-refractivity contribution in [2.45, 2.75) is 4.90 Å². The summed E-state index contributed by atoms with van der Waals surface area (Å²) >= 11 is 0. The molecule has 10 heteroatoms. The summed E-state index contributed by atoms with van der Waals surface area (Å²) in [7, 11) is -2.69. The lowest BCUT2D eigenvalue weighted by atomic mass is 9.96. The fourth-order valence-corrected chi connectivity index (χ4v) is 2.89. The van der Waals surface area contributed by atoms with E-state index in [1.165, 1.54) is 31.3 Å². The van der Waals surface area contributed by atoms with Gasteiger partial charge >= 0.3 is 10.1 Å². The number of nitrogens with zero attached hydrogens (tertiary/aromatic N) is 2. The molecule has 142 valence electrons. The van der Waals surface area contributed by atoms with Gasteiger partial charge in [0.2, 0.25) is 5.91 Å². The number of hydrogen-bond donors (Lipinski definition) is 2. The molecule has 0 radical (unpaired) electrons. The van der Waals surface area contributed by atoms with Crippen LogP contribution in [-0.2, 0) is 19.2 Å². The monoisotopic (exact) mass is 390 g/mol. The summed E-state index contributed by atoms with van der Waals surface area (Å²) < 4.78 is 27.3. The highest BCUT2D eigenvalue weighted by Gasteiger charge is 2.28. The molecule has 0 saturated carbocycles. The normalized spacial score (nSPS) is 12.7. The maximum atomic E-state index is 12.7. The van der Waals surface area contributed by atoms with E-state index in [-0.39, 0.29) is 17.1 Å². The Morgan fingerprint density at radius 2 is 1.85 bits per heavy atom. The van der Waals surface area contributed by atoms with E-state index in [4.69, 9.17) is 5.90 Å². The van der Waals surface area contributed by atoms with Gasteiger partial charge < -0.3 is 5.32 Å². The summed E-state index contributed by atoms with van der Waals surface area (Å²) in [5.41, 5.74) is 0.522. The zero-order valence-electron chi connectivity index (χ0n) is 14.4. The standard InChI is InChI=1S/C17H18N4O5S/c1-19-20-11-15(16(22)12-6-3-2-4-7-12)17(23)21-13-8-5-9-14(10-13)27(24,25)26-18/h2-10,15H,11,18H2,1H3,(H,21,23). The third kappa shape index (κ3) is 5.26. The topological polar surface area (TPSA) is 140 Å². The number of carbonyl (C=O) groups excluding carboxylic acids is 2. The Morgan fingerprint density at radius 3 is 2.48 bits per heavy atom. The molecule has 0 aliphatic rings. The van der Waals surface area contributed by atoms with E-state index in [1.54, 1.807) is 30.3 Å². The Hall–Kier alpha value is -2.95. The van der Waals surface area contributed by atoms with Gasteiger partial charge in [0.25, 0.3) is 0 Å². The Balaban J connectivity index is 2.26. The van der Waals surface area contributed by atoms with Crippen LogP contribution in [0, 0.1) is 5.92 Å². The number of rotatable bonds is 8. The lowest BCUT2D eigenvalue weighted by Crippen LogP contribution is -2.32. The number of nitrogens with one attached hydrogen (secondary N) is 1. The minimum absolute atomic E-state index is 0.139. The van der Waals surface area contributed by atoms with Crippen molar-refractivity contribution in [2.75, 3.05) is 18.9 Å². The average molecular weight is 390 g/mol. The van der Waals surface area contributed by atoms with Gasteiger partial charge in [-0.1, -0.05) is 36.4 Å². The second-order valence-electron chi connectivity index (χ2n) is 5.37. The number of benzene rings is 2. The zero-order chi connectivity index (χ0) is 19.9. The first kappa shape index (κ1) is 20.4. The van der Waals surface area contributed by atoms with Gasteiger partial charge in [0.05, 0.1) is 11.4 Å². The summed E-state index contributed by atoms with van der Waals surface area (Å²) in [6, 6.07) is 13.6. The number of anilines is 1. The molecule has 3 N–H and O–H groups in total. The van der Waals surface area contributed by atoms with Gasteiger partial charge in [-0.3, -0.25) is 9.59 Å². The predicted molar refractivity (Wildman–Crippen MR) is 97.4 cm³/mol. The van der Waals surface area contributed by atoms with Crippen molar-refractivity contribution in [3.05, 3.63) is 60.2 Å². The number of ketones is 1. The molecule has 1 atom stereocenters. The van der Waals surface area contributed by atoms with E-state index in [1.807, 2.05) is 0 Å². The molecule has 0 fully saturated rings. The zero-order valence-corrected chi connectivity index (χ0v) is 15.2. The fraction of sp³-hybridized carbons (Fsp3) is 0.176. The molecule has 9 nitrogen and oxygen atoms in total. The number of amides is 1. The highest BCUT2D eigenvalue weighted by molar-refractivity contribution is 7.86. The Morgan fingerprint density at radius 1 is 1.15 bits per heavy atom. The van der Waals surface area contributed by atoms with Crippen LogP contribution in [0.3, 0.4) is 0 Å². The van der Waals surface area contributed by atoms with E-state index in [2.05, 4.69) is 19.8 Å². The third-order valence-electron chi connectivity index (χ3n) is 3.61. The molecule has 1 unspecified atom stereocenters. The minimum atomic E-state index is -4.12. The van der Waals surface area contributed by atoms with Crippen LogP contribution in [0.5, 0.6) is 0 Å². The maximum Gasteiger partial charge on any atom is 0.312 e. The quantitative estimate of drug-likeness (QED) is 0.305. The third-order valence-corrected chi connectivity index (χ3v) is 4.70. The van der Waals surface area contributed by atoms with Crippen LogP contribution in [0.25, 0.3) is 0 Å². The molecule has 2 aromatic carbocycles. The summed E-state index contributed by atoms with van der Waals surface area (Å²) in [5.74, 6) is 2.57. The Bertz CT molecular complexity index is 945. The highest BCUT2D eigenvalue weighted by Crippen LogP contribution is 2.18. The number of azo groups is 1. The van der Waals surface area contributed by atoms with Gasteiger partial charge in [-0.2, -0.15) is 28.8 Å². The van der Waals surface area contributed by atoms with Gasteiger partial charge in [0.15, 0.2) is 5.78 Å². The SMILES string of the molecule is CN=NCC(C(=O)Nc1cccc(S(=O)(=O)ON)c1)C(=O)c1ccccc1. The number of carbonyl (C=O) groups is 2. The van der Waals surface area contributed by atoms with Crippen LogP contribution < -0.4 is 11.2 Å². The van der Waals surface area contributed by atoms with Gasteiger partial charge in [-0.05, 0) is 18.2 Å². The molecule has 0 bridgehead atoms. The molecule has 0 aromatic heterocycles. The number of hydrogen-bond acceptors (Lipinski definition) is 8. The van der Waals surface area contributed by atoms with Crippen molar-refractivity contribution in [3.8, 4) is 0 Å². The number of nitrogens with two attached hydrogens (primary N) is 1. The summed E-state index contributed by atoms with van der Waals surface area (Å²) in [4.78, 5) is 25.1. The molecular formula is C17H18N4O5S. The summed E-state index contributed by atoms with van der Waals surface area (Å²) in [5, 5.41) is 9.86. The summed E-state index contributed by atoms with van der Waals surface area (Å²) in [6.45, 7) is -0.139. The van der Waals surface area contributed by atoms with Crippen molar-refractivity contribution in [3.63, 3.8) is 0 Å². The first-order valence-corrected chi connectivity index (χ1v) is 9.19. The lowest BCUT2D eigenvalue weighted by molar-refractivity contribution is -0.118. The van der Waals surface area contributed by atoms with Crippen LogP contribution in [0.15, 0.2) is 69.7 Å². The summed E-state index contributed by atoms with van der Waals surface area (Å²) in [6.07, 6.45) is 0. The van der Waals surface area contributed by atoms with Crippen molar-refractivity contribution in [1.29, 1.82) is 0 Å². The van der Waals surface area contributed by atoms with E-state index < -0.39 is 27.7 Å². The van der Waals surface area contributed by atoms with E-state index in [0.717, 1.165) is 0 Å². The molecule has 0 heterocycles. The fourth-order valence-electron chi connectivity index (χ4n) is 2.27. The van der Waals surface area contributed by atoms with Crippen LogP contribution >= 0.6 is 0 Å². The second kappa shape index (κ2) is 9.12. The van der Waals surface area contributed by atoms with Crippen LogP contribution in [0.1, 0.15) is 10.4 Å². The molecule has 0 aliphatic heterocycles. The molecule has 0 aliphatic carbocycles. The second-order valence-corrected chi connectivity index (χ2v) is 6.95. The largest absolute Gasteiger partial charge is 0.325 e. The Labute approximate surface area is 156 Å². The molecule has 0 spiro atoms. The first-order valence-electron chi connectivity index (χ1n) is 7.78. The van der Waals surface area contributed by atoms with Crippen molar-refractivity contribution < 1.29 is 22.3 Å². The average Bonchev–Trinajstić information content (AvgIpc) is 2.69. The highest BCUT2D eigenvalue weighted by atomic mass is 32.2. The molecule has 27 heavy (non-hydrogen) atoms. The van der Waals surface area contributed by atoms with Crippen molar-refractivity contribution >= 4 is 27.5 Å². The van der Waals surface area contributed by atoms with Gasteiger partial charge in [0.1, 0.15) is 5.92 Å². The van der Waals surface area contributed by atoms with Gasteiger partial charge in [-0.25, -0.2) is 0 Å². The minimum Gasteiger partial charge on any atom is -0.325 e.